The van der Waals surface area contributed by atoms with E-state index in [-0.39, 0.29) is 0 Å². The maximum absolute atomic E-state index is 5.69. The highest BCUT2D eigenvalue weighted by molar-refractivity contribution is 7.80. The molecule has 4 rings (SSSR count). The molecule has 3 aromatic rings. The number of ether oxygens (including phenoxy) is 2. The van der Waals surface area contributed by atoms with Crippen molar-refractivity contribution in [3.63, 3.8) is 0 Å². The maximum Gasteiger partial charge on any atom is 0.169 e. The average Bonchev–Trinajstić information content (AvgIpc) is 3.44. The number of benzene rings is 1. The third-order valence-electron chi connectivity index (χ3n) is 6.32. The van der Waals surface area contributed by atoms with Gasteiger partial charge in [0.05, 0.1) is 26.5 Å². The van der Waals surface area contributed by atoms with Crippen LogP contribution in [-0.4, -0.2) is 52.0 Å². The third-order valence-corrected chi connectivity index (χ3v) is 6.72. The molecule has 33 heavy (non-hydrogen) atoms. The second-order valence-electron chi connectivity index (χ2n) is 8.29. The largest absolute Gasteiger partial charge is 0.493 e. The van der Waals surface area contributed by atoms with Crippen LogP contribution >= 0.6 is 12.2 Å². The van der Waals surface area contributed by atoms with E-state index in [1.165, 1.54) is 0 Å². The third kappa shape index (κ3) is 4.98. The van der Waals surface area contributed by atoms with Crippen LogP contribution in [0.1, 0.15) is 47.2 Å². The normalized spacial score (nSPS) is 14.4. The van der Waals surface area contributed by atoms with Crippen LogP contribution in [0.3, 0.4) is 0 Å². The number of thiocarbonyl (C=S) groups is 1. The first-order chi connectivity index (χ1) is 16.0. The predicted molar refractivity (Wildman–Crippen MR) is 130 cm³/mol. The molecule has 0 bridgehead atoms. The van der Waals surface area contributed by atoms with Crippen LogP contribution in [0.5, 0.6) is 11.5 Å². The van der Waals surface area contributed by atoms with Gasteiger partial charge < -0.3 is 28.8 Å². The van der Waals surface area contributed by atoms with Crippen molar-refractivity contribution in [2.24, 2.45) is 0 Å². The van der Waals surface area contributed by atoms with Gasteiger partial charge in [0, 0.05) is 49.1 Å². The van der Waals surface area contributed by atoms with E-state index in [4.69, 9.17) is 26.2 Å². The second-order valence-corrected chi connectivity index (χ2v) is 8.68. The van der Waals surface area contributed by atoms with E-state index in [0.29, 0.717) is 12.5 Å². The van der Waals surface area contributed by atoms with Crippen LogP contribution < -0.4 is 14.8 Å². The Bertz CT molecular complexity index is 1080. The zero-order chi connectivity index (χ0) is 23.4. The van der Waals surface area contributed by atoms with Gasteiger partial charge >= 0.3 is 0 Å². The fourth-order valence-electron chi connectivity index (χ4n) is 4.43. The number of likely N-dealkylation sites (tertiary alicyclic amines) is 1. The van der Waals surface area contributed by atoms with Gasteiger partial charge in [-0.1, -0.05) is 17.3 Å². The van der Waals surface area contributed by atoms with E-state index in [9.17, 15) is 0 Å². The van der Waals surface area contributed by atoms with Crippen LogP contribution in [-0.2, 0) is 13.1 Å². The summed E-state index contributed by atoms with van der Waals surface area (Å²) in [5, 5.41) is 8.22. The first-order valence-corrected chi connectivity index (χ1v) is 11.6. The predicted octanol–water partition coefficient (Wildman–Crippen LogP) is 3.81. The first kappa shape index (κ1) is 23.1. The topological polar surface area (TPSA) is 77.6 Å². The summed E-state index contributed by atoms with van der Waals surface area (Å²) in [6, 6.07) is 5.86. The van der Waals surface area contributed by atoms with Crippen LogP contribution in [0.4, 0.5) is 0 Å². The Labute approximate surface area is 199 Å². The molecule has 0 aliphatic carbocycles. The van der Waals surface area contributed by atoms with Crippen molar-refractivity contribution in [3.05, 3.63) is 59.0 Å². The van der Waals surface area contributed by atoms with Gasteiger partial charge in [0.15, 0.2) is 16.6 Å². The van der Waals surface area contributed by atoms with Gasteiger partial charge in [0.1, 0.15) is 11.6 Å². The van der Waals surface area contributed by atoms with Gasteiger partial charge in [-0.15, -0.1) is 0 Å². The monoisotopic (exact) mass is 469 g/mol. The number of imidazole rings is 1. The molecular weight excluding hydrogens is 438 g/mol. The fourth-order valence-corrected chi connectivity index (χ4v) is 4.68. The lowest BCUT2D eigenvalue weighted by atomic mass is 9.96. The number of methoxy groups -OCH3 is 2. The number of piperidine rings is 1. The van der Waals surface area contributed by atoms with Crippen molar-refractivity contribution in [1.82, 2.24) is 24.9 Å². The molecule has 1 aliphatic rings. The molecule has 1 saturated heterocycles. The zero-order valence-electron chi connectivity index (χ0n) is 19.6. The van der Waals surface area contributed by atoms with Crippen molar-refractivity contribution in [2.75, 3.05) is 27.3 Å². The van der Waals surface area contributed by atoms with Gasteiger partial charge in [-0.25, -0.2) is 4.98 Å². The Morgan fingerprint density at radius 3 is 2.67 bits per heavy atom. The molecule has 1 N–H and O–H groups in total. The van der Waals surface area contributed by atoms with E-state index in [1.54, 1.807) is 14.2 Å². The molecule has 3 heterocycles. The van der Waals surface area contributed by atoms with Crippen LogP contribution in [0, 0.1) is 13.8 Å². The zero-order valence-corrected chi connectivity index (χ0v) is 20.4. The second kappa shape index (κ2) is 10.2. The number of aromatic nitrogens is 3. The molecule has 0 amide bonds. The van der Waals surface area contributed by atoms with E-state index in [0.717, 1.165) is 77.5 Å². The standard InChI is InChI=1S/C24H31N5O3S/c1-16-20(17(2)32-27-16)15-29-13-10-25-23(29)18-8-11-28(12-9-18)24(33)26-14-19-6-5-7-21(30-3)22(19)31-4/h5-7,10,13,18H,8-9,11-12,14-15H2,1-4H3,(H,26,33). The molecule has 1 aromatic carbocycles. The Balaban J connectivity index is 1.34. The summed E-state index contributed by atoms with van der Waals surface area (Å²) in [5.74, 6) is 3.84. The van der Waals surface area contributed by atoms with E-state index in [1.807, 2.05) is 44.4 Å². The summed E-state index contributed by atoms with van der Waals surface area (Å²) < 4.78 is 18.5. The Morgan fingerprint density at radius 1 is 1.21 bits per heavy atom. The van der Waals surface area contributed by atoms with Gasteiger partial charge in [-0.05, 0) is 45.0 Å². The first-order valence-electron chi connectivity index (χ1n) is 11.2. The minimum atomic E-state index is 0.401. The summed E-state index contributed by atoms with van der Waals surface area (Å²) in [7, 11) is 3.30. The SMILES string of the molecule is COc1cccc(CNC(=S)N2CCC(c3nccn3Cc3c(C)noc3C)CC2)c1OC. The number of rotatable bonds is 7. The highest BCUT2D eigenvalue weighted by atomic mass is 32.1. The molecule has 8 nitrogen and oxygen atoms in total. The van der Waals surface area contributed by atoms with Gasteiger partial charge in [-0.2, -0.15) is 0 Å². The Hall–Kier alpha value is -3.07. The van der Waals surface area contributed by atoms with Gasteiger partial charge in [0.25, 0.3) is 0 Å². The molecule has 0 spiro atoms. The van der Waals surface area contributed by atoms with E-state index >= 15 is 0 Å². The number of aryl methyl sites for hydroxylation is 2. The summed E-state index contributed by atoms with van der Waals surface area (Å²) in [4.78, 5) is 6.92. The van der Waals surface area contributed by atoms with Crippen molar-refractivity contribution < 1.29 is 14.0 Å². The molecule has 176 valence electrons. The number of para-hydroxylation sites is 1. The molecule has 0 radical (unpaired) electrons. The van der Waals surface area contributed by atoms with Crippen molar-refractivity contribution in [1.29, 1.82) is 0 Å². The van der Waals surface area contributed by atoms with Crippen LogP contribution in [0.15, 0.2) is 35.1 Å². The summed E-state index contributed by atoms with van der Waals surface area (Å²) in [6.45, 7) is 7.04. The molecule has 0 saturated carbocycles. The lowest BCUT2D eigenvalue weighted by Crippen LogP contribution is -2.44. The van der Waals surface area contributed by atoms with Crippen LogP contribution in [0.25, 0.3) is 0 Å². The lowest BCUT2D eigenvalue weighted by Gasteiger charge is -2.34. The number of hydrogen-bond donors (Lipinski definition) is 1. The number of nitrogens with zero attached hydrogens (tertiary/aromatic N) is 4. The van der Waals surface area contributed by atoms with Crippen molar-refractivity contribution in [2.45, 2.75) is 45.7 Å². The minimum absolute atomic E-state index is 0.401. The molecule has 1 aliphatic heterocycles. The van der Waals surface area contributed by atoms with Crippen LogP contribution in [0.2, 0.25) is 0 Å². The van der Waals surface area contributed by atoms with Gasteiger partial charge in [-0.3, -0.25) is 0 Å². The average molecular weight is 470 g/mol. The summed E-state index contributed by atoms with van der Waals surface area (Å²) in [5.41, 5.74) is 3.08. The number of nitrogens with one attached hydrogen (secondary N) is 1. The van der Waals surface area contributed by atoms with Gasteiger partial charge in [0.2, 0.25) is 0 Å². The minimum Gasteiger partial charge on any atom is -0.493 e. The maximum atomic E-state index is 5.69. The lowest BCUT2D eigenvalue weighted by molar-refractivity contribution is 0.300. The highest BCUT2D eigenvalue weighted by Crippen LogP contribution is 2.31. The molecular formula is C24H31N5O3S. The number of hydrogen-bond acceptors (Lipinski definition) is 6. The van der Waals surface area contributed by atoms with Crippen molar-refractivity contribution >= 4 is 17.3 Å². The molecule has 0 atom stereocenters. The summed E-state index contributed by atoms with van der Waals surface area (Å²) in [6.07, 6.45) is 5.93. The van der Waals surface area contributed by atoms with E-state index < -0.39 is 0 Å². The highest BCUT2D eigenvalue weighted by Gasteiger charge is 2.26. The van der Waals surface area contributed by atoms with E-state index in [2.05, 4.69) is 24.9 Å². The molecule has 2 aromatic heterocycles. The molecule has 1 fully saturated rings. The molecule has 0 unspecified atom stereocenters. The summed E-state index contributed by atoms with van der Waals surface area (Å²) >= 11 is 5.69. The Kier molecular flexibility index (Phi) is 7.17. The van der Waals surface area contributed by atoms with Crippen molar-refractivity contribution in [3.8, 4) is 11.5 Å². The Morgan fingerprint density at radius 2 is 2.00 bits per heavy atom. The molecule has 9 heteroatoms. The quantitative estimate of drug-likeness (QED) is 0.524. The fraction of sp³-hybridized carbons (Fsp3) is 0.458. The smallest absolute Gasteiger partial charge is 0.169 e.